The van der Waals surface area contributed by atoms with Crippen molar-refractivity contribution in [1.29, 1.82) is 0 Å². The molecule has 2 N–H and O–H groups in total. The molecule has 0 unspecified atom stereocenters. The number of carbonyl (C=O) groups is 1. The van der Waals surface area contributed by atoms with Crippen molar-refractivity contribution in [3.63, 3.8) is 0 Å². The van der Waals surface area contributed by atoms with Crippen molar-refractivity contribution in [3.8, 4) is 5.75 Å². The molecule has 0 atom stereocenters. The monoisotopic (exact) mass is 376 g/mol. The lowest BCUT2D eigenvalue weighted by Gasteiger charge is -2.13. The second kappa shape index (κ2) is 8.52. The fraction of sp³-hybridized carbons (Fsp3) is 0.227. The molecule has 6 heteroatoms. The molecule has 0 radical (unpaired) electrons. The van der Waals surface area contributed by atoms with Crippen LogP contribution in [0.4, 0.5) is 11.5 Å². The van der Waals surface area contributed by atoms with E-state index in [1.807, 2.05) is 56.3 Å². The maximum atomic E-state index is 12.6. The van der Waals surface area contributed by atoms with E-state index in [0.717, 1.165) is 16.8 Å². The Morgan fingerprint density at radius 2 is 1.68 bits per heavy atom. The van der Waals surface area contributed by atoms with Gasteiger partial charge in [0.15, 0.2) is 0 Å². The lowest BCUT2D eigenvalue weighted by atomic mass is 10.1. The molecule has 2 aromatic carbocycles. The zero-order valence-corrected chi connectivity index (χ0v) is 16.5. The normalized spacial score (nSPS) is 10.4. The van der Waals surface area contributed by atoms with Crippen LogP contribution in [0, 0.1) is 20.8 Å². The smallest absolute Gasteiger partial charge is 0.270 e. The van der Waals surface area contributed by atoms with Crippen LogP contribution in [0.1, 0.15) is 33.0 Å². The van der Waals surface area contributed by atoms with Crippen LogP contribution in [0.5, 0.6) is 5.75 Å². The summed E-state index contributed by atoms with van der Waals surface area (Å²) in [4.78, 5) is 21.2. The minimum absolute atomic E-state index is 0.245. The van der Waals surface area contributed by atoms with Crippen molar-refractivity contribution in [2.24, 2.45) is 0 Å². The maximum absolute atomic E-state index is 12.6. The van der Waals surface area contributed by atoms with Crippen LogP contribution < -0.4 is 15.4 Å². The predicted octanol–water partition coefficient (Wildman–Crippen LogP) is 4.08. The number of nitrogens with zero attached hydrogens (tertiary/aromatic N) is 2. The Morgan fingerprint density at radius 1 is 0.964 bits per heavy atom. The zero-order valence-electron chi connectivity index (χ0n) is 16.5. The van der Waals surface area contributed by atoms with Crippen LogP contribution in [-0.2, 0) is 6.54 Å². The highest BCUT2D eigenvalue weighted by atomic mass is 16.5. The highest BCUT2D eigenvalue weighted by Crippen LogP contribution is 2.28. The summed E-state index contributed by atoms with van der Waals surface area (Å²) in [5.41, 5.74) is 4.40. The average Bonchev–Trinajstić information content (AvgIpc) is 2.67. The predicted molar refractivity (Wildman–Crippen MR) is 110 cm³/mol. The highest BCUT2D eigenvalue weighted by Gasteiger charge is 2.12. The Labute approximate surface area is 165 Å². The Balaban J connectivity index is 1.76. The van der Waals surface area contributed by atoms with Crippen LogP contribution >= 0.6 is 0 Å². The molecule has 1 aromatic heterocycles. The molecule has 0 aliphatic carbocycles. The Bertz CT molecular complexity index is 984. The van der Waals surface area contributed by atoms with Gasteiger partial charge in [-0.1, -0.05) is 35.9 Å². The van der Waals surface area contributed by atoms with E-state index in [2.05, 4.69) is 20.6 Å². The van der Waals surface area contributed by atoms with Crippen molar-refractivity contribution >= 4 is 17.4 Å². The summed E-state index contributed by atoms with van der Waals surface area (Å²) in [6, 6.07) is 15.5. The number of ether oxygens (including phenoxy) is 1. The number of benzene rings is 2. The Kier molecular flexibility index (Phi) is 5.89. The first-order chi connectivity index (χ1) is 13.4. The summed E-state index contributed by atoms with van der Waals surface area (Å²) in [7, 11) is 1.62. The summed E-state index contributed by atoms with van der Waals surface area (Å²) in [6.07, 6.45) is 0. The first-order valence-electron chi connectivity index (χ1n) is 9.05. The van der Waals surface area contributed by atoms with Crippen molar-refractivity contribution in [3.05, 3.63) is 76.7 Å². The molecular formula is C22H24N4O2. The molecule has 0 spiro atoms. The second-order valence-corrected chi connectivity index (χ2v) is 6.68. The summed E-state index contributed by atoms with van der Waals surface area (Å²) in [5.74, 6) is 1.51. The van der Waals surface area contributed by atoms with Crippen LogP contribution in [-0.4, -0.2) is 23.0 Å². The van der Waals surface area contributed by atoms with Crippen LogP contribution in [0.3, 0.4) is 0 Å². The van der Waals surface area contributed by atoms with Gasteiger partial charge in [0, 0.05) is 12.6 Å². The summed E-state index contributed by atoms with van der Waals surface area (Å²) >= 11 is 0. The van der Waals surface area contributed by atoms with Gasteiger partial charge >= 0.3 is 0 Å². The van der Waals surface area contributed by atoms with E-state index < -0.39 is 0 Å². The number of carbonyl (C=O) groups excluding carboxylic acids is 1. The lowest BCUT2D eigenvalue weighted by Crippen LogP contribution is -2.24. The molecule has 0 fully saturated rings. The third-order valence-electron chi connectivity index (χ3n) is 4.26. The molecule has 3 aromatic rings. The van der Waals surface area contributed by atoms with Crippen LogP contribution in [0.2, 0.25) is 0 Å². The van der Waals surface area contributed by atoms with Crippen LogP contribution in [0.25, 0.3) is 0 Å². The number of nitrogens with one attached hydrogen (secondary N) is 2. The SMILES string of the molecule is COc1ccc(C)cc1Nc1cc(C(=O)NCc2ccc(C)cc2)nc(C)n1. The van der Waals surface area contributed by atoms with Gasteiger partial charge in [-0.05, 0) is 44.0 Å². The number of methoxy groups -OCH3 is 1. The van der Waals surface area contributed by atoms with Crippen molar-refractivity contribution < 1.29 is 9.53 Å². The fourth-order valence-electron chi connectivity index (χ4n) is 2.78. The Morgan fingerprint density at radius 3 is 2.39 bits per heavy atom. The van der Waals surface area contributed by atoms with E-state index >= 15 is 0 Å². The molecule has 0 aliphatic heterocycles. The van der Waals surface area contributed by atoms with Crippen LogP contribution in [0.15, 0.2) is 48.5 Å². The number of aromatic nitrogens is 2. The van der Waals surface area contributed by atoms with E-state index in [1.165, 1.54) is 5.56 Å². The fourth-order valence-corrected chi connectivity index (χ4v) is 2.78. The standard InChI is InChI=1S/C22H24N4O2/c1-14-5-8-17(9-6-14)13-23-22(27)19-12-21(25-16(3)24-19)26-18-11-15(2)7-10-20(18)28-4/h5-12H,13H2,1-4H3,(H,23,27)(H,24,25,26). The van der Waals surface area contributed by atoms with E-state index in [4.69, 9.17) is 4.74 Å². The summed E-state index contributed by atoms with van der Waals surface area (Å²) < 4.78 is 5.39. The molecule has 3 rings (SSSR count). The maximum Gasteiger partial charge on any atom is 0.270 e. The van der Waals surface area contributed by atoms with E-state index in [9.17, 15) is 4.79 Å². The molecule has 0 saturated heterocycles. The quantitative estimate of drug-likeness (QED) is 0.678. The Hall–Kier alpha value is -3.41. The van der Waals surface area contributed by atoms with Crippen molar-refractivity contribution in [1.82, 2.24) is 15.3 Å². The number of hydrogen-bond acceptors (Lipinski definition) is 5. The lowest BCUT2D eigenvalue weighted by molar-refractivity contribution is 0.0945. The van der Waals surface area contributed by atoms with Gasteiger partial charge in [-0.25, -0.2) is 9.97 Å². The molecule has 0 bridgehead atoms. The third-order valence-corrected chi connectivity index (χ3v) is 4.26. The minimum atomic E-state index is -0.245. The average molecular weight is 376 g/mol. The van der Waals surface area contributed by atoms with Crippen molar-refractivity contribution in [2.75, 3.05) is 12.4 Å². The zero-order chi connectivity index (χ0) is 20.1. The second-order valence-electron chi connectivity index (χ2n) is 6.68. The summed E-state index contributed by atoms with van der Waals surface area (Å²) in [5, 5.41) is 6.13. The van der Waals surface area contributed by atoms with Gasteiger partial charge in [-0.15, -0.1) is 0 Å². The molecule has 0 saturated carbocycles. The number of hydrogen-bond donors (Lipinski definition) is 2. The number of anilines is 2. The molecular weight excluding hydrogens is 352 g/mol. The topological polar surface area (TPSA) is 76.1 Å². The first-order valence-corrected chi connectivity index (χ1v) is 9.05. The largest absolute Gasteiger partial charge is 0.495 e. The number of rotatable bonds is 6. The van der Waals surface area contributed by atoms with Gasteiger partial charge in [0.2, 0.25) is 0 Å². The van der Waals surface area contributed by atoms with E-state index in [-0.39, 0.29) is 5.91 Å². The molecule has 1 amide bonds. The van der Waals surface area contributed by atoms with E-state index in [1.54, 1.807) is 20.1 Å². The first kappa shape index (κ1) is 19.4. The molecule has 1 heterocycles. The van der Waals surface area contributed by atoms with Gasteiger partial charge in [0.1, 0.15) is 23.1 Å². The third kappa shape index (κ3) is 4.85. The molecule has 6 nitrogen and oxygen atoms in total. The van der Waals surface area contributed by atoms with Gasteiger partial charge < -0.3 is 15.4 Å². The van der Waals surface area contributed by atoms with Crippen molar-refractivity contribution in [2.45, 2.75) is 27.3 Å². The molecule has 28 heavy (non-hydrogen) atoms. The number of aryl methyl sites for hydroxylation is 3. The van der Waals surface area contributed by atoms with Gasteiger partial charge in [0.25, 0.3) is 5.91 Å². The molecule has 0 aliphatic rings. The van der Waals surface area contributed by atoms with E-state index in [0.29, 0.717) is 29.6 Å². The number of amides is 1. The summed E-state index contributed by atoms with van der Waals surface area (Å²) in [6.45, 7) is 6.23. The highest BCUT2D eigenvalue weighted by molar-refractivity contribution is 5.93. The van der Waals surface area contributed by atoms with Gasteiger partial charge in [-0.3, -0.25) is 4.79 Å². The van der Waals surface area contributed by atoms with Gasteiger partial charge in [0.05, 0.1) is 12.8 Å². The van der Waals surface area contributed by atoms with Gasteiger partial charge in [-0.2, -0.15) is 0 Å². The minimum Gasteiger partial charge on any atom is -0.495 e. The molecule has 144 valence electrons.